The van der Waals surface area contributed by atoms with Gasteiger partial charge in [0.1, 0.15) is 0 Å². The predicted molar refractivity (Wildman–Crippen MR) is 62.8 cm³/mol. The van der Waals surface area contributed by atoms with Gasteiger partial charge in [0.15, 0.2) is 5.82 Å². The molecular weight excluding hydrogens is 234 g/mol. The summed E-state index contributed by atoms with van der Waals surface area (Å²) in [5.74, 6) is -1.35. The van der Waals surface area contributed by atoms with Crippen molar-refractivity contribution in [2.75, 3.05) is 6.61 Å². The predicted octanol–water partition coefficient (Wildman–Crippen LogP) is 1.43. The van der Waals surface area contributed by atoms with E-state index in [-0.39, 0.29) is 18.5 Å². The zero-order valence-electron chi connectivity index (χ0n) is 10.6. The maximum absolute atomic E-state index is 11.5. The minimum atomic E-state index is -1.12. The van der Waals surface area contributed by atoms with Gasteiger partial charge in [0.05, 0.1) is 18.8 Å². The highest BCUT2D eigenvalue weighted by Crippen LogP contribution is 2.16. The van der Waals surface area contributed by atoms with Crippen molar-refractivity contribution in [3.05, 3.63) is 18.1 Å². The fraction of sp³-hybridized carbons (Fsp3) is 0.500. The maximum atomic E-state index is 11.5. The van der Waals surface area contributed by atoms with Crippen molar-refractivity contribution in [2.24, 2.45) is 0 Å². The van der Waals surface area contributed by atoms with Gasteiger partial charge in [-0.1, -0.05) is 0 Å². The van der Waals surface area contributed by atoms with Gasteiger partial charge in [-0.25, -0.2) is 4.98 Å². The SMILES string of the molecule is CCOC(=O)C(C#N)c1nccc(OC(C)C)n1. The maximum Gasteiger partial charge on any atom is 0.331 e. The van der Waals surface area contributed by atoms with Crippen molar-refractivity contribution in [1.82, 2.24) is 9.97 Å². The van der Waals surface area contributed by atoms with Gasteiger partial charge >= 0.3 is 5.97 Å². The summed E-state index contributed by atoms with van der Waals surface area (Å²) < 4.78 is 10.2. The lowest BCUT2D eigenvalue weighted by Gasteiger charge is -2.11. The minimum Gasteiger partial charge on any atom is -0.475 e. The summed E-state index contributed by atoms with van der Waals surface area (Å²) in [6, 6.07) is 3.40. The zero-order chi connectivity index (χ0) is 13.5. The van der Waals surface area contributed by atoms with E-state index in [1.54, 1.807) is 13.0 Å². The van der Waals surface area contributed by atoms with E-state index in [0.717, 1.165) is 0 Å². The summed E-state index contributed by atoms with van der Waals surface area (Å²) in [6.45, 7) is 5.59. The second kappa shape index (κ2) is 6.55. The number of nitrogens with zero attached hydrogens (tertiary/aromatic N) is 3. The van der Waals surface area contributed by atoms with Gasteiger partial charge < -0.3 is 9.47 Å². The quantitative estimate of drug-likeness (QED) is 0.734. The molecule has 96 valence electrons. The Labute approximate surface area is 106 Å². The molecule has 0 radical (unpaired) electrons. The molecule has 0 saturated carbocycles. The topological polar surface area (TPSA) is 85.1 Å². The number of nitriles is 1. The lowest BCUT2D eigenvalue weighted by atomic mass is 10.1. The Hall–Kier alpha value is -2.16. The lowest BCUT2D eigenvalue weighted by molar-refractivity contribution is -0.143. The Morgan fingerprint density at radius 1 is 1.56 bits per heavy atom. The summed E-state index contributed by atoms with van der Waals surface area (Å²) in [5.41, 5.74) is 0. The standard InChI is InChI=1S/C12H15N3O3/c1-4-17-12(16)9(7-13)11-14-6-5-10(15-11)18-8(2)3/h5-6,8-9H,4H2,1-3H3. The minimum absolute atomic E-state index is 0.0455. The first-order chi connectivity index (χ1) is 8.58. The Morgan fingerprint density at radius 3 is 2.83 bits per heavy atom. The molecule has 0 bridgehead atoms. The van der Waals surface area contributed by atoms with Crippen LogP contribution in [-0.4, -0.2) is 28.6 Å². The smallest absolute Gasteiger partial charge is 0.331 e. The first-order valence-corrected chi connectivity index (χ1v) is 5.64. The molecule has 1 unspecified atom stereocenters. The van der Waals surface area contributed by atoms with Gasteiger partial charge in [0.25, 0.3) is 0 Å². The molecule has 0 aromatic carbocycles. The number of rotatable bonds is 5. The number of ether oxygens (including phenoxy) is 2. The first-order valence-electron chi connectivity index (χ1n) is 5.64. The van der Waals surface area contributed by atoms with Crippen LogP contribution in [0.3, 0.4) is 0 Å². The molecule has 1 heterocycles. The van der Waals surface area contributed by atoms with E-state index in [2.05, 4.69) is 9.97 Å². The van der Waals surface area contributed by atoms with Crippen molar-refractivity contribution in [3.8, 4) is 11.9 Å². The molecule has 18 heavy (non-hydrogen) atoms. The van der Waals surface area contributed by atoms with Crippen molar-refractivity contribution >= 4 is 5.97 Å². The number of carbonyl (C=O) groups excluding carboxylic acids is 1. The van der Waals surface area contributed by atoms with Gasteiger partial charge in [-0.3, -0.25) is 4.79 Å². The number of carbonyl (C=O) groups is 1. The van der Waals surface area contributed by atoms with E-state index in [0.29, 0.717) is 5.88 Å². The molecule has 0 amide bonds. The van der Waals surface area contributed by atoms with E-state index in [1.165, 1.54) is 6.20 Å². The van der Waals surface area contributed by atoms with Crippen LogP contribution in [0.1, 0.15) is 32.5 Å². The van der Waals surface area contributed by atoms with Crippen LogP contribution in [0.2, 0.25) is 0 Å². The fourth-order valence-electron chi connectivity index (χ4n) is 1.24. The lowest BCUT2D eigenvalue weighted by Crippen LogP contribution is -2.17. The summed E-state index contributed by atoms with van der Waals surface area (Å²) in [5, 5.41) is 8.98. The van der Waals surface area contributed by atoms with Crippen LogP contribution in [0.15, 0.2) is 12.3 Å². The molecule has 1 atom stereocenters. The molecule has 6 nitrogen and oxygen atoms in total. The van der Waals surface area contributed by atoms with E-state index in [9.17, 15) is 4.79 Å². The second-order valence-electron chi connectivity index (χ2n) is 3.73. The number of hydrogen-bond acceptors (Lipinski definition) is 6. The van der Waals surface area contributed by atoms with Crippen LogP contribution < -0.4 is 4.74 Å². The van der Waals surface area contributed by atoms with Crippen LogP contribution in [0, 0.1) is 11.3 Å². The van der Waals surface area contributed by atoms with Gasteiger partial charge in [0.2, 0.25) is 11.8 Å². The van der Waals surface area contributed by atoms with Crippen molar-refractivity contribution in [2.45, 2.75) is 32.8 Å². The number of aromatic nitrogens is 2. The Balaban J connectivity index is 2.93. The van der Waals surface area contributed by atoms with Gasteiger partial charge in [-0.05, 0) is 20.8 Å². The molecule has 0 saturated heterocycles. The van der Waals surface area contributed by atoms with Crippen LogP contribution in [0.4, 0.5) is 0 Å². The van der Waals surface area contributed by atoms with E-state index >= 15 is 0 Å². The molecule has 6 heteroatoms. The van der Waals surface area contributed by atoms with Crippen LogP contribution in [0.25, 0.3) is 0 Å². The fourth-order valence-corrected chi connectivity index (χ4v) is 1.24. The Morgan fingerprint density at radius 2 is 2.28 bits per heavy atom. The van der Waals surface area contributed by atoms with Crippen LogP contribution in [-0.2, 0) is 9.53 Å². The highest BCUT2D eigenvalue weighted by atomic mass is 16.5. The van der Waals surface area contributed by atoms with Crippen molar-refractivity contribution in [1.29, 1.82) is 5.26 Å². The Kier molecular flexibility index (Phi) is 5.06. The summed E-state index contributed by atoms with van der Waals surface area (Å²) in [4.78, 5) is 19.5. The summed E-state index contributed by atoms with van der Waals surface area (Å²) in [7, 11) is 0. The molecule has 1 aromatic heterocycles. The molecule has 0 aliphatic carbocycles. The number of hydrogen-bond donors (Lipinski definition) is 0. The van der Waals surface area contributed by atoms with Gasteiger partial charge in [0, 0.05) is 12.3 Å². The number of esters is 1. The average molecular weight is 249 g/mol. The molecule has 0 aliphatic heterocycles. The molecular formula is C12H15N3O3. The van der Waals surface area contributed by atoms with E-state index < -0.39 is 11.9 Å². The van der Waals surface area contributed by atoms with Crippen molar-refractivity contribution < 1.29 is 14.3 Å². The molecule has 0 spiro atoms. The molecule has 0 N–H and O–H groups in total. The van der Waals surface area contributed by atoms with E-state index in [1.807, 2.05) is 19.9 Å². The molecule has 1 aromatic rings. The largest absolute Gasteiger partial charge is 0.475 e. The summed E-state index contributed by atoms with van der Waals surface area (Å²) in [6.07, 6.45) is 1.40. The monoisotopic (exact) mass is 249 g/mol. The highest BCUT2D eigenvalue weighted by molar-refractivity contribution is 5.80. The second-order valence-corrected chi connectivity index (χ2v) is 3.73. The highest BCUT2D eigenvalue weighted by Gasteiger charge is 2.25. The van der Waals surface area contributed by atoms with Crippen molar-refractivity contribution in [3.63, 3.8) is 0 Å². The van der Waals surface area contributed by atoms with Gasteiger partial charge in [-0.15, -0.1) is 0 Å². The zero-order valence-corrected chi connectivity index (χ0v) is 10.6. The normalized spacial score (nSPS) is 11.7. The summed E-state index contributed by atoms with van der Waals surface area (Å²) >= 11 is 0. The molecule has 1 rings (SSSR count). The van der Waals surface area contributed by atoms with Crippen LogP contribution in [0.5, 0.6) is 5.88 Å². The first kappa shape index (κ1) is 13.9. The Bertz CT molecular complexity index is 454. The van der Waals surface area contributed by atoms with Crippen LogP contribution >= 0.6 is 0 Å². The molecule has 0 aliphatic rings. The average Bonchev–Trinajstić information content (AvgIpc) is 2.30. The van der Waals surface area contributed by atoms with Gasteiger partial charge in [-0.2, -0.15) is 10.2 Å². The molecule has 0 fully saturated rings. The third kappa shape index (κ3) is 3.70. The third-order valence-corrected chi connectivity index (χ3v) is 1.91. The third-order valence-electron chi connectivity index (χ3n) is 1.91. The van der Waals surface area contributed by atoms with E-state index in [4.69, 9.17) is 14.7 Å².